The fourth-order valence-electron chi connectivity index (χ4n) is 2.36. The van der Waals surface area contributed by atoms with E-state index in [9.17, 15) is 4.79 Å². The summed E-state index contributed by atoms with van der Waals surface area (Å²) in [4.78, 5) is 11.6. The number of carbonyl (C=O) groups is 1. The Labute approximate surface area is 134 Å². The third-order valence-corrected chi connectivity index (χ3v) is 3.50. The largest absolute Gasteiger partial charge is 0.494 e. The van der Waals surface area contributed by atoms with Crippen LogP contribution < -0.4 is 4.74 Å². The average molecular weight is 307 g/mol. The van der Waals surface area contributed by atoms with Crippen molar-refractivity contribution in [3.8, 4) is 22.8 Å². The van der Waals surface area contributed by atoms with Crippen LogP contribution in [0, 0.1) is 0 Å². The summed E-state index contributed by atoms with van der Waals surface area (Å²) in [5.41, 5.74) is 2.44. The zero-order chi connectivity index (χ0) is 16.2. The third kappa shape index (κ3) is 3.13. The normalized spacial score (nSPS) is 10.5. The topological polar surface area (TPSA) is 57.0 Å². The third-order valence-electron chi connectivity index (χ3n) is 3.50. The number of aromatic nitrogens is 3. The molecule has 116 valence electrons. The van der Waals surface area contributed by atoms with Crippen molar-refractivity contribution in [3.63, 3.8) is 0 Å². The second-order valence-electron chi connectivity index (χ2n) is 5.09. The van der Waals surface area contributed by atoms with Gasteiger partial charge in [-0.15, -0.1) is 10.2 Å². The SMILES string of the molecule is CCOc1ccc(-c2nncn2-c2cccc(C(C)=O)c2)cc1. The van der Waals surface area contributed by atoms with Gasteiger partial charge in [-0.3, -0.25) is 9.36 Å². The molecule has 0 saturated carbocycles. The Kier molecular flexibility index (Phi) is 4.19. The Morgan fingerprint density at radius 2 is 1.96 bits per heavy atom. The maximum Gasteiger partial charge on any atom is 0.168 e. The van der Waals surface area contributed by atoms with E-state index in [1.165, 1.54) is 0 Å². The van der Waals surface area contributed by atoms with Crippen LogP contribution in [0.4, 0.5) is 0 Å². The fourth-order valence-corrected chi connectivity index (χ4v) is 2.36. The van der Waals surface area contributed by atoms with Gasteiger partial charge in [-0.2, -0.15) is 0 Å². The van der Waals surface area contributed by atoms with Gasteiger partial charge < -0.3 is 4.74 Å². The van der Waals surface area contributed by atoms with E-state index in [0.29, 0.717) is 18.0 Å². The average Bonchev–Trinajstić information content (AvgIpc) is 3.05. The van der Waals surface area contributed by atoms with Gasteiger partial charge in [0.2, 0.25) is 0 Å². The van der Waals surface area contributed by atoms with Crippen molar-refractivity contribution in [2.45, 2.75) is 13.8 Å². The molecule has 0 fully saturated rings. The van der Waals surface area contributed by atoms with Crippen molar-refractivity contribution in [2.75, 3.05) is 6.61 Å². The molecule has 0 saturated heterocycles. The van der Waals surface area contributed by atoms with Crippen molar-refractivity contribution >= 4 is 5.78 Å². The van der Waals surface area contributed by atoms with Crippen LogP contribution in [0.2, 0.25) is 0 Å². The van der Waals surface area contributed by atoms with Gasteiger partial charge in [-0.1, -0.05) is 12.1 Å². The van der Waals surface area contributed by atoms with Crippen LogP contribution >= 0.6 is 0 Å². The molecule has 0 radical (unpaired) electrons. The predicted molar refractivity (Wildman–Crippen MR) is 88.0 cm³/mol. The second kappa shape index (κ2) is 6.44. The van der Waals surface area contributed by atoms with Crippen LogP contribution in [0.15, 0.2) is 54.9 Å². The van der Waals surface area contributed by atoms with E-state index in [1.54, 1.807) is 19.3 Å². The van der Waals surface area contributed by atoms with Gasteiger partial charge in [-0.25, -0.2) is 0 Å². The first kappa shape index (κ1) is 15.0. The van der Waals surface area contributed by atoms with Crippen molar-refractivity contribution in [1.82, 2.24) is 14.8 Å². The highest BCUT2D eigenvalue weighted by atomic mass is 16.5. The van der Waals surface area contributed by atoms with Crippen molar-refractivity contribution in [3.05, 3.63) is 60.4 Å². The molecular weight excluding hydrogens is 290 g/mol. The number of ether oxygens (including phenoxy) is 1. The molecule has 0 atom stereocenters. The molecule has 2 aromatic carbocycles. The van der Waals surface area contributed by atoms with E-state index in [-0.39, 0.29) is 5.78 Å². The van der Waals surface area contributed by atoms with Crippen molar-refractivity contribution in [2.24, 2.45) is 0 Å². The van der Waals surface area contributed by atoms with Crippen molar-refractivity contribution in [1.29, 1.82) is 0 Å². The summed E-state index contributed by atoms with van der Waals surface area (Å²) in [7, 11) is 0. The van der Waals surface area contributed by atoms with E-state index >= 15 is 0 Å². The van der Waals surface area contributed by atoms with Gasteiger partial charge in [-0.05, 0) is 50.2 Å². The lowest BCUT2D eigenvalue weighted by Crippen LogP contribution is -1.99. The highest BCUT2D eigenvalue weighted by Crippen LogP contribution is 2.23. The lowest BCUT2D eigenvalue weighted by atomic mass is 10.1. The fraction of sp³-hybridized carbons (Fsp3) is 0.167. The first-order chi connectivity index (χ1) is 11.2. The highest BCUT2D eigenvalue weighted by Gasteiger charge is 2.10. The van der Waals surface area contributed by atoms with Crippen LogP contribution in [-0.2, 0) is 0 Å². The smallest absolute Gasteiger partial charge is 0.168 e. The molecule has 0 unspecified atom stereocenters. The zero-order valence-electron chi connectivity index (χ0n) is 13.1. The van der Waals surface area contributed by atoms with Gasteiger partial charge in [0, 0.05) is 16.8 Å². The number of hydrogen-bond donors (Lipinski definition) is 0. The Hall–Kier alpha value is -2.95. The van der Waals surface area contributed by atoms with E-state index in [4.69, 9.17) is 4.74 Å². The zero-order valence-corrected chi connectivity index (χ0v) is 13.1. The lowest BCUT2D eigenvalue weighted by Gasteiger charge is -2.09. The Balaban J connectivity index is 1.99. The minimum absolute atomic E-state index is 0.0301. The molecule has 0 aliphatic carbocycles. The van der Waals surface area contributed by atoms with Crippen LogP contribution in [0.5, 0.6) is 5.75 Å². The number of carbonyl (C=O) groups excluding carboxylic acids is 1. The Bertz CT molecular complexity index is 822. The van der Waals surface area contributed by atoms with E-state index in [1.807, 2.05) is 54.0 Å². The molecule has 0 aliphatic heterocycles. The first-order valence-electron chi connectivity index (χ1n) is 7.43. The minimum Gasteiger partial charge on any atom is -0.494 e. The summed E-state index contributed by atoms with van der Waals surface area (Å²) < 4.78 is 7.32. The summed E-state index contributed by atoms with van der Waals surface area (Å²) in [6.45, 7) is 4.14. The maximum atomic E-state index is 11.6. The van der Waals surface area contributed by atoms with Crippen LogP contribution in [0.1, 0.15) is 24.2 Å². The molecule has 1 heterocycles. The number of Topliss-reactive ketones (excluding diaryl/α,β-unsaturated/α-hetero) is 1. The second-order valence-corrected chi connectivity index (χ2v) is 5.09. The van der Waals surface area contributed by atoms with Gasteiger partial charge in [0.25, 0.3) is 0 Å². The summed E-state index contributed by atoms with van der Waals surface area (Å²) >= 11 is 0. The summed E-state index contributed by atoms with van der Waals surface area (Å²) in [6.07, 6.45) is 1.64. The molecule has 0 spiro atoms. The Morgan fingerprint density at radius 1 is 1.17 bits per heavy atom. The van der Waals surface area contributed by atoms with Crippen LogP contribution in [-0.4, -0.2) is 27.2 Å². The standard InChI is InChI=1S/C18H17N3O2/c1-3-23-17-9-7-14(8-10-17)18-20-19-12-21(18)16-6-4-5-15(11-16)13(2)22/h4-12H,3H2,1-2H3. The quantitative estimate of drug-likeness (QED) is 0.677. The molecule has 1 aromatic heterocycles. The van der Waals surface area contributed by atoms with Gasteiger partial charge in [0.15, 0.2) is 11.6 Å². The number of rotatable bonds is 5. The maximum absolute atomic E-state index is 11.6. The molecule has 0 bridgehead atoms. The van der Waals surface area contributed by atoms with Crippen LogP contribution in [0.25, 0.3) is 17.1 Å². The molecule has 0 aliphatic rings. The van der Waals surface area contributed by atoms with Gasteiger partial charge in [0.05, 0.1) is 6.61 Å². The minimum atomic E-state index is 0.0301. The first-order valence-corrected chi connectivity index (χ1v) is 7.43. The van der Waals surface area contributed by atoms with E-state index in [0.717, 1.165) is 17.0 Å². The Morgan fingerprint density at radius 3 is 2.65 bits per heavy atom. The molecule has 0 amide bonds. The summed E-state index contributed by atoms with van der Waals surface area (Å²) in [6, 6.07) is 15.1. The summed E-state index contributed by atoms with van der Waals surface area (Å²) in [5, 5.41) is 8.21. The highest BCUT2D eigenvalue weighted by molar-refractivity contribution is 5.94. The predicted octanol–water partition coefficient (Wildman–Crippen LogP) is 3.54. The molecule has 5 heteroatoms. The number of benzene rings is 2. The summed E-state index contributed by atoms with van der Waals surface area (Å²) in [5.74, 6) is 1.57. The molecule has 23 heavy (non-hydrogen) atoms. The molecule has 0 N–H and O–H groups in total. The molecule has 3 aromatic rings. The lowest BCUT2D eigenvalue weighted by molar-refractivity contribution is 0.101. The number of ketones is 1. The van der Waals surface area contributed by atoms with Crippen molar-refractivity contribution < 1.29 is 9.53 Å². The van der Waals surface area contributed by atoms with Gasteiger partial charge >= 0.3 is 0 Å². The molecule has 3 rings (SSSR count). The van der Waals surface area contributed by atoms with Crippen LogP contribution in [0.3, 0.4) is 0 Å². The van der Waals surface area contributed by atoms with E-state index < -0.39 is 0 Å². The number of hydrogen-bond acceptors (Lipinski definition) is 4. The van der Waals surface area contributed by atoms with Gasteiger partial charge in [0.1, 0.15) is 12.1 Å². The number of nitrogens with zero attached hydrogens (tertiary/aromatic N) is 3. The molecular formula is C18H17N3O2. The van der Waals surface area contributed by atoms with E-state index in [2.05, 4.69) is 10.2 Å². The molecule has 5 nitrogen and oxygen atoms in total. The monoisotopic (exact) mass is 307 g/mol.